The molecule has 174 valence electrons. The summed E-state index contributed by atoms with van der Waals surface area (Å²) < 4.78 is 54.9. The second kappa shape index (κ2) is 9.12. The summed E-state index contributed by atoms with van der Waals surface area (Å²) in [6, 6.07) is 6.37. The third-order valence-electron chi connectivity index (χ3n) is 5.58. The first-order valence-corrected chi connectivity index (χ1v) is 11.2. The average Bonchev–Trinajstić information content (AvgIpc) is 3.21. The summed E-state index contributed by atoms with van der Waals surface area (Å²) in [4.78, 5) is 26.0. The number of hydrogen-bond donors (Lipinski definition) is 0. The number of rotatable bonds is 5. The van der Waals surface area contributed by atoms with Crippen molar-refractivity contribution in [2.45, 2.75) is 36.8 Å². The van der Waals surface area contributed by atoms with Crippen molar-refractivity contribution in [3.63, 3.8) is 0 Å². The van der Waals surface area contributed by atoms with Gasteiger partial charge >= 0.3 is 6.18 Å². The molecule has 1 aliphatic heterocycles. The minimum atomic E-state index is -4.49. The van der Waals surface area contributed by atoms with Crippen molar-refractivity contribution in [3.8, 4) is 0 Å². The van der Waals surface area contributed by atoms with Crippen LogP contribution in [0.5, 0.6) is 0 Å². The van der Waals surface area contributed by atoms with Gasteiger partial charge in [0, 0.05) is 35.7 Å². The molecule has 0 spiro atoms. The molecule has 1 fully saturated rings. The molecule has 1 atom stereocenters. The quantitative estimate of drug-likeness (QED) is 0.304. The van der Waals surface area contributed by atoms with Gasteiger partial charge in [-0.25, -0.2) is 4.39 Å². The molecule has 0 saturated carbocycles. The maximum absolute atomic E-state index is 14.2. The van der Waals surface area contributed by atoms with Crippen LogP contribution >= 0.6 is 11.8 Å². The minimum Gasteiger partial charge on any atom is -0.341 e. The van der Waals surface area contributed by atoms with Crippen molar-refractivity contribution in [2.24, 2.45) is 0 Å². The normalized spacial score (nSPS) is 16.9. The fourth-order valence-electron chi connectivity index (χ4n) is 3.84. The van der Waals surface area contributed by atoms with Gasteiger partial charge in [0.1, 0.15) is 11.6 Å². The Kier molecular flexibility index (Phi) is 6.42. The number of ketones is 1. The topological polar surface area (TPSA) is 67.6 Å². The summed E-state index contributed by atoms with van der Waals surface area (Å²) in [6.07, 6.45) is -2.18. The number of aromatic nitrogens is 3. The Hall–Kier alpha value is -2.95. The second-order valence-corrected chi connectivity index (χ2v) is 8.89. The third kappa shape index (κ3) is 5.02. The molecule has 0 aliphatic carbocycles. The molecule has 33 heavy (non-hydrogen) atoms. The van der Waals surface area contributed by atoms with Gasteiger partial charge in [-0.2, -0.15) is 13.2 Å². The van der Waals surface area contributed by atoms with Crippen molar-refractivity contribution in [2.75, 3.05) is 18.8 Å². The van der Waals surface area contributed by atoms with Crippen LogP contribution in [0.15, 0.2) is 41.4 Å². The Balaban J connectivity index is 1.45. The van der Waals surface area contributed by atoms with Gasteiger partial charge < -0.3 is 4.90 Å². The van der Waals surface area contributed by atoms with E-state index in [1.165, 1.54) is 29.5 Å². The van der Waals surface area contributed by atoms with E-state index in [1.807, 2.05) is 0 Å². The highest BCUT2D eigenvalue weighted by Gasteiger charge is 2.32. The summed E-state index contributed by atoms with van der Waals surface area (Å²) in [5.74, 6) is -0.895. The molecule has 4 rings (SSSR count). The number of thioether (sulfide) groups is 1. The third-order valence-corrected chi connectivity index (χ3v) is 6.62. The SMILES string of the molecule is CC(=O)c1ccc(SCC(=O)N2CCCC(c3nnc4ccc(C(F)(F)F)cn34)C2)c(F)c1. The van der Waals surface area contributed by atoms with Crippen LogP contribution in [-0.2, 0) is 11.0 Å². The maximum atomic E-state index is 14.2. The molecule has 0 N–H and O–H groups in total. The monoisotopic (exact) mass is 480 g/mol. The van der Waals surface area contributed by atoms with E-state index in [1.54, 1.807) is 4.90 Å². The second-order valence-electron chi connectivity index (χ2n) is 7.87. The predicted molar refractivity (Wildman–Crippen MR) is 114 cm³/mol. The van der Waals surface area contributed by atoms with Crippen LogP contribution < -0.4 is 0 Å². The molecule has 2 aromatic heterocycles. The lowest BCUT2D eigenvalue weighted by Crippen LogP contribution is -2.40. The van der Waals surface area contributed by atoms with Gasteiger partial charge in [-0.1, -0.05) is 6.07 Å². The van der Waals surface area contributed by atoms with Crippen LogP contribution in [0, 0.1) is 5.82 Å². The number of pyridine rings is 1. The van der Waals surface area contributed by atoms with Gasteiger partial charge in [0.05, 0.1) is 11.3 Å². The fourth-order valence-corrected chi connectivity index (χ4v) is 4.66. The van der Waals surface area contributed by atoms with E-state index in [0.29, 0.717) is 37.4 Å². The molecule has 0 bridgehead atoms. The minimum absolute atomic E-state index is 0.00185. The van der Waals surface area contributed by atoms with Crippen molar-refractivity contribution < 1.29 is 27.2 Å². The van der Waals surface area contributed by atoms with Gasteiger partial charge in [0.2, 0.25) is 5.91 Å². The highest BCUT2D eigenvalue weighted by atomic mass is 32.2. The van der Waals surface area contributed by atoms with Crippen LogP contribution in [0.1, 0.15) is 47.4 Å². The number of carbonyl (C=O) groups is 2. The van der Waals surface area contributed by atoms with Crippen LogP contribution in [0.4, 0.5) is 17.6 Å². The summed E-state index contributed by atoms with van der Waals surface area (Å²) >= 11 is 1.04. The largest absolute Gasteiger partial charge is 0.417 e. The molecular weight excluding hydrogens is 460 g/mol. The lowest BCUT2D eigenvalue weighted by molar-refractivity contribution is -0.137. The van der Waals surface area contributed by atoms with Gasteiger partial charge in [0.25, 0.3) is 0 Å². The molecule has 3 heterocycles. The molecule has 11 heteroatoms. The van der Waals surface area contributed by atoms with Crippen LogP contribution in [0.25, 0.3) is 5.65 Å². The number of amides is 1. The van der Waals surface area contributed by atoms with E-state index in [0.717, 1.165) is 30.1 Å². The van der Waals surface area contributed by atoms with Gasteiger partial charge in [-0.3, -0.25) is 14.0 Å². The Labute approximate surface area is 191 Å². The first-order chi connectivity index (χ1) is 15.6. The van der Waals surface area contributed by atoms with Crippen molar-refractivity contribution in [1.82, 2.24) is 19.5 Å². The molecular formula is C22H20F4N4O2S. The van der Waals surface area contributed by atoms with E-state index < -0.39 is 17.6 Å². The number of fused-ring (bicyclic) bond motifs is 1. The van der Waals surface area contributed by atoms with E-state index in [9.17, 15) is 27.2 Å². The molecule has 3 aromatic rings. The fraction of sp³-hybridized carbons (Fsp3) is 0.364. The summed E-state index contributed by atoms with van der Waals surface area (Å²) in [6.45, 7) is 2.15. The van der Waals surface area contributed by atoms with E-state index >= 15 is 0 Å². The summed E-state index contributed by atoms with van der Waals surface area (Å²) in [7, 11) is 0. The summed E-state index contributed by atoms with van der Waals surface area (Å²) in [5, 5.41) is 8.05. The molecule has 1 saturated heterocycles. The number of piperidine rings is 1. The lowest BCUT2D eigenvalue weighted by atomic mass is 9.97. The zero-order valence-electron chi connectivity index (χ0n) is 17.6. The van der Waals surface area contributed by atoms with Crippen LogP contribution in [0.2, 0.25) is 0 Å². The van der Waals surface area contributed by atoms with Gasteiger partial charge in [0.15, 0.2) is 11.4 Å². The van der Waals surface area contributed by atoms with Crippen LogP contribution in [0.3, 0.4) is 0 Å². The Bertz CT molecular complexity index is 1210. The van der Waals surface area contributed by atoms with Gasteiger partial charge in [-0.15, -0.1) is 22.0 Å². The van der Waals surface area contributed by atoms with E-state index in [4.69, 9.17) is 0 Å². The highest BCUT2D eigenvalue weighted by molar-refractivity contribution is 8.00. The molecule has 1 unspecified atom stereocenters. The average molecular weight is 480 g/mol. The number of halogens is 4. The zero-order chi connectivity index (χ0) is 23.8. The summed E-state index contributed by atoms with van der Waals surface area (Å²) in [5.41, 5.74) is -0.230. The Morgan fingerprint density at radius 3 is 2.67 bits per heavy atom. The van der Waals surface area contributed by atoms with E-state index in [2.05, 4.69) is 10.2 Å². The van der Waals surface area contributed by atoms with Crippen molar-refractivity contribution >= 4 is 29.1 Å². The first-order valence-electron chi connectivity index (χ1n) is 10.3. The highest BCUT2D eigenvalue weighted by Crippen LogP contribution is 2.32. The zero-order valence-corrected chi connectivity index (χ0v) is 18.4. The first kappa shape index (κ1) is 23.2. The molecule has 1 aromatic carbocycles. The molecule has 1 amide bonds. The Morgan fingerprint density at radius 2 is 1.97 bits per heavy atom. The number of benzene rings is 1. The number of nitrogens with zero attached hydrogens (tertiary/aromatic N) is 4. The number of Topliss-reactive ketones (excluding diaryl/α,β-unsaturated/α-hetero) is 1. The molecule has 6 nitrogen and oxygen atoms in total. The van der Waals surface area contributed by atoms with Crippen molar-refractivity contribution in [1.29, 1.82) is 0 Å². The lowest BCUT2D eigenvalue weighted by Gasteiger charge is -2.32. The number of carbonyl (C=O) groups excluding carboxylic acids is 2. The number of likely N-dealkylation sites (tertiary alicyclic amines) is 1. The van der Waals surface area contributed by atoms with Crippen molar-refractivity contribution in [3.05, 3.63) is 59.3 Å². The van der Waals surface area contributed by atoms with E-state index in [-0.39, 0.29) is 33.8 Å². The van der Waals surface area contributed by atoms with Gasteiger partial charge in [-0.05, 0) is 44.0 Å². The number of hydrogen-bond acceptors (Lipinski definition) is 5. The standard InChI is InChI=1S/C22H20F4N4O2S/c1-13(31)14-4-6-18(17(23)9-14)33-12-20(32)29-8-2-3-15(10-29)21-28-27-19-7-5-16(11-30(19)21)22(24,25)26/h4-7,9,11,15H,2-3,8,10,12H2,1H3. The smallest absolute Gasteiger partial charge is 0.341 e. The van der Waals surface area contributed by atoms with Crippen LogP contribution in [-0.4, -0.2) is 50.0 Å². The molecule has 0 radical (unpaired) electrons. The maximum Gasteiger partial charge on any atom is 0.417 e. The number of alkyl halides is 3. The Morgan fingerprint density at radius 1 is 1.18 bits per heavy atom. The predicted octanol–water partition coefficient (Wildman–Crippen LogP) is 4.59. The molecule has 1 aliphatic rings.